The van der Waals surface area contributed by atoms with Crippen molar-refractivity contribution in [3.63, 3.8) is 0 Å². The van der Waals surface area contributed by atoms with Crippen molar-refractivity contribution in [1.82, 2.24) is 5.32 Å². The van der Waals surface area contributed by atoms with Crippen LogP contribution in [0.3, 0.4) is 0 Å². The summed E-state index contributed by atoms with van der Waals surface area (Å²) >= 11 is 0. The molecule has 0 aliphatic heterocycles. The van der Waals surface area contributed by atoms with E-state index in [2.05, 4.69) is 5.32 Å². The van der Waals surface area contributed by atoms with Gasteiger partial charge in [0.1, 0.15) is 0 Å². The molecule has 0 saturated heterocycles. The number of hydrogen-bond donors (Lipinski definition) is 2. The van der Waals surface area contributed by atoms with E-state index in [9.17, 15) is 9.90 Å². The Balaban J connectivity index is 2.13. The standard InChI is InChI=1S/C12H23NO4/c1-16-9-10(14)4-7-13-11(15)8-12(17-2)5-3-6-12/h10,14H,3-9H2,1-2H3,(H,13,15). The molecule has 100 valence electrons. The van der Waals surface area contributed by atoms with E-state index in [1.54, 1.807) is 14.2 Å². The zero-order valence-electron chi connectivity index (χ0n) is 10.7. The van der Waals surface area contributed by atoms with Crippen LogP contribution >= 0.6 is 0 Å². The van der Waals surface area contributed by atoms with Gasteiger partial charge < -0.3 is 19.9 Å². The molecule has 1 fully saturated rings. The molecule has 5 heteroatoms. The summed E-state index contributed by atoms with van der Waals surface area (Å²) in [4.78, 5) is 11.6. The highest BCUT2D eigenvalue weighted by molar-refractivity contribution is 5.77. The Morgan fingerprint density at radius 1 is 1.47 bits per heavy atom. The van der Waals surface area contributed by atoms with Crippen molar-refractivity contribution in [2.24, 2.45) is 0 Å². The normalized spacial score (nSPS) is 19.5. The number of carbonyl (C=O) groups is 1. The Hall–Kier alpha value is -0.650. The Morgan fingerprint density at radius 3 is 2.65 bits per heavy atom. The number of nitrogens with one attached hydrogen (secondary N) is 1. The quantitative estimate of drug-likeness (QED) is 0.652. The van der Waals surface area contributed by atoms with Crippen molar-refractivity contribution < 1.29 is 19.4 Å². The first-order valence-corrected chi connectivity index (χ1v) is 6.11. The molecule has 0 radical (unpaired) electrons. The van der Waals surface area contributed by atoms with Gasteiger partial charge in [0.2, 0.25) is 5.91 Å². The summed E-state index contributed by atoms with van der Waals surface area (Å²) in [5.41, 5.74) is -0.227. The molecule has 1 rings (SSSR count). The van der Waals surface area contributed by atoms with E-state index < -0.39 is 6.10 Å². The van der Waals surface area contributed by atoms with Gasteiger partial charge in [-0.05, 0) is 25.7 Å². The first kappa shape index (κ1) is 14.4. The molecule has 0 aromatic heterocycles. The minimum atomic E-state index is -0.514. The Kier molecular flexibility index (Phi) is 5.88. The molecule has 2 N–H and O–H groups in total. The van der Waals surface area contributed by atoms with E-state index in [-0.39, 0.29) is 11.5 Å². The average molecular weight is 245 g/mol. The number of aliphatic hydroxyl groups excluding tert-OH is 1. The van der Waals surface area contributed by atoms with Crippen molar-refractivity contribution in [2.45, 2.75) is 43.8 Å². The van der Waals surface area contributed by atoms with E-state index in [1.807, 2.05) is 0 Å². The van der Waals surface area contributed by atoms with Crippen molar-refractivity contribution in [3.05, 3.63) is 0 Å². The van der Waals surface area contributed by atoms with Crippen LogP contribution in [0.25, 0.3) is 0 Å². The lowest BCUT2D eigenvalue weighted by Crippen LogP contribution is -2.44. The molecule has 0 aromatic rings. The zero-order chi connectivity index (χ0) is 12.7. The van der Waals surface area contributed by atoms with E-state index >= 15 is 0 Å². The maximum Gasteiger partial charge on any atom is 0.222 e. The van der Waals surface area contributed by atoms with Crippen LogP contribution in [0.15, 0.2) is 0 Å². The number of rotatable bonds is 8. The van der Waals surface area contributed by atoms with Gasteiger partial charge in [-0.1, -0.05) is 0 Å². The topological polar surface area (TPSA) is 67.8 Å². The molecule has 0 bridgehead atoms. The largest absolute Gasteiger partial charge is 0.391 e. The Labute approximate surface area is 102 Å². The van der Waals surface area contributed by atoms with E-state index in [0.29, 0.717) is 26.0 Å². The number of amides is 1. The number of carbonyl (C=O) groups excluding carboxylic acids is 1. The van der Waals surface area contributed by atoms with Crippen LogP contribution in [0.1, 0.15) is 32.1 Å². The molecule has 1 atom stereocenters. The summed E-state index contributed by atoms with van der Waals surface area (Å²) in [5, 5.41) is 12.2. The molecule has 5 nitrogen and oxygen atoms in total. The van der Waals surface area contributed by atoms with Gasteiger partial charge in [0.25, 0.3) is 0 Å². The predicted octanol–water partition coefficient (Wildman–Crippen LogP) is 0.459. The molecule has 1 amide bonds. The molecule has 1 unspecified atom stereocenters. The van der Waals surface area contributed by atoms with Crippen LogP contribution in [0.5, 0.6) is 0 Å². The summed E-state index contributed by atoms with van der Waals surface area (Å²) in [7, 11) is 3.20. The monoisotopic (exact) mass is 245 g/mol. The second kappa shape index (κ2) is 6.93. The van der Waals surface area contributed by atoms with Crippen molar-refractivity contribution in [3.8, 4) is 0 Å². The molecule has 1 saturated carbocycles. The summed E-state index contributed by atoms with van der Waals surface area (Å²) in [6.07, 6.45) is 3.48. The molecular weight excluding hydrogens is 222 g/mol. The first-order valence-electron chi connectivity index (χ1n) is 6.11. The molecule has 0 heterocycles. The zero-order valence-corrected chi connectivity index (χ0v) is 10.7. The van der Waals surface area contributed by atoms with Crippen LogP contribution in [0.4, 0.5) is 0 Å². The summed E-state index contributed by atoms with van der Waals surface area (Å²) in [5.74, 6) is -0.00355. The lowest BCUT2D eigenvalue weighted by Gasteiger charge is -2.39. The van der Waals surface area contributed by atoms with Crippen LogP contribution in [0, 0.1) is 0 Å². The lowest BCUT2D eigenvalue weighted by atomic mass is 9.77. The van der Waals surface area contributed by atoms with Crippen LogP contribution in [-0.2, 0) is 14.3 Å². The fraction of sp³-hybridized carbons (Fsp3) is 0.917. The average Bonchev–Trinajstić information content (AvgIpc) is 2.24. The smallest absolute Gasteiger partial charge is 0.222 e. The van der Waals surface area contributed by atoms with Gasteiger partial charge in [0.15, 0.2) is 0 Å². The molecule has 17 heavy (non-hydrogen) atoms. The van der Waals surface area contributed by atoms with Gasteiger partial charge >= 0.3 is 0 Å². The third kappa shape index (κ3) is 4.61. The number of methoxy groups -OCH3 is 2. The highest BCUT2D eigenvalue weighted by Crippen LogP contribution is 2.37. The third-order valence-corrected chi connectivity index (χ3v) is 3.34. The van der Waals surface area contributed by atoms with E-state index in [1.165, 1.54) is 0 Å². The molecule has 0 spiro atoms. The van der Waals surface area contributed by atoms with Crippen LogP contribution < -0.4 is 5.32 Å². The maximum absolute atomic E-state index is 11.6. The Bertz CT molecular complexity index is 235. The Morgan fingerprint density at radius 2 is 2.18 bits per heavy atom. The van der Waals surface area contributed by atoms with Gasteiger partial charge in [-0.25, -0.2) is 0 Å². The van der Waals surface area contributed by atoms with Crippen molar-refractivity contribution in [2.75, 3.05) is 27.4 Å². The molecule has 1 aliphatic carbocycles. The third-order valence-electron chi connectivity index (χ3n) is 3.34. The summed E-state index contributed by atoms with van der Waals surface area (Å²) in [6.45, 7) is 0.779. The number of ether oxygens (including phenoxy) is 2. The van der Waals surface area contributed by atoms with Gasteiger partial charge in [-0.15, -0.1) is 0 Å². The van der Waals surface area contributed by atoms with Gasteiger partial charge in [-0.3, -0.25) is 4.79 Å². The highest BCUT2D eigenvalue weighted by Gasteiger charge is 2.38. The van der Waals surface area contributed by atoms with E-state index in [4.69, 9.17) is 9.47 Å². The minimum absolute atomic E-state index is 0.00355. The molecule has 1 aliphatic rings. The fourth-order valence-corrected chi connectivity index (χ4v) is 2.03. The summed E-state index contributed by atoms with van der Waals surface area (Å²) < 4.78 is 10.2. The van der Waals surface area contributed by atoms with Crippen molar-refractivity contribution in [1.29, 1.82) is 0 Å². The maximum atomic E-state index is 11.6. The molecule has 0 aromatic carbocycles. The number of hydrogen-bond acceptors (Lipinski definition) is 4. The van der Waals surface area contributed by atoms with E-state index in [0.717, 1.165) is 19.3 Å². The second-order valence-corrected chi connectivity index (χ2v) is 4.67. The van der Waals surface area contributed by atoms with Gasteiger partial charge in [0.05, 0.1) is 24.7 Å². The van der Waals surface area contributed by atoms with Crippen LogP contribution in [-0.4, -0.2) is 50.1 Å². The second-order valence-electron chi connectivity index (χ2n) is 4.67. The minimum Gasteiger partial charge on any atom is -0.391 e. The fourth-order valence-electron chi connectivity index (χ4n) is 2.03. The number of aliphatic hydroxyl groups is 1. The van der Waals surface area contributed by atoms with Gasteiger partial charge in [0, 0.05) is 20.8 Å². The van der Waals surface area contributed by atoms with Gasteiger partial charge in [-0.2, -0.15) is 0 Å². The van der Waals surface area contributed by atoms with Crippen LogP contribution in [0.2, 0.25) is 0 Å². The highest BCUT2D eigenvalue weighted by atomic mass is 16.5. The first-order chi connectivity index (χ1) is 8.12. The SMILES string of the molecule is COCC(O)CCNC(=O)CC1(OC)CCC1. The van der Waals surface area contributed by atoms with Crippen molar-refractivity contribution >= 4 is 5.91 Å². The molecular formula is C12H23NO4. The lowest BCUT2D eigenvalue weighted by molar-refractivity contribution is -0.134. The summed E-state index contributed by atoms with van der Waals surface area (Å²) in [6, 6.07) is 0. The predicted molar refractivity (Wildman–Crippen MR) is 63.7 cm³/mol.